The van der Waals surface area contributed by atoms with Gasteiger partial charge in [0.1, 0.15) is 6.33 Å². The number of carbonyl (C=O) groups excluding carboxylic acids is 2. The molecule has 0 radical (unpaired) electrons. The van der Waals surface area contributed by atoms with E-state index in [1.54, 1.807) is 24.3 Å². The van der Waals surface area contributed by atoms with Crippen molar-refractivity contribution in [2.24, 2.45) is 0 Å². The third-order valence-corrected chi connectivity index (χ3v) is 2.27. The van der Waals surface area contributed by atoms with Gasteiger partial charge in [-0.3, -0.25) is 4.57 Å². The first-order valence-corrected chi connectivity index (χ1v) is 5.18. The van der Waals surface area contributed by atoms with Gasteiger partial charge >= 0.3 is 12.0 Å². The van der Waals surface area contributed by atoms with Gasteiger partial charge in [-0.1, -0.05) is 6.07 Å². The molecule has 0 aliphatic rings. The molecule has 2 rings (SSSR count). The van der Waals surface area contributed by atoms with Gasteiger partial charge in [-0.15, -0.1) is 0 Å². The molecule has 1 aromatic carbocycles. The van der Waals surface area contributed by atoms with Crippen LogP contribution in [0.1, 0.15) is 10.4 Å². The second-order valence-corrected chi connectivity index (χ2v) is 3.47. The molecule has 0 bridgehead atoms. The highest BCUT2D eigenvalue weighted by atomic mass is 16.5. The minimum absolute atomic E-state index is 0.352. The number of esters is 1. The molecule has 1 aromatic heterocycles. The fourth-order valence-corrected chi connectivity index (χ4v) is 1.41. The van der Waals surface area contributed by atoms with Crippen LogP contribution in [-0.2, 0) is 4.74 Å². The number of carbonyl (C=O) groups is 2. The Labute approximate surface area is 103 Å². The molecule has 0 saturated heterocycles. The van der Waals surface area contributed by atoms with Crippen LogP contribution in [0, 0.1) is 0 Å². The van der Waals surface area contributed by atoms with Gasteiger partial charge in [0, 0.05) is 18.1 Å². The highest BCUT2D eigenvalue weighted by Gasteiger charge is 2.08. The molecule has 0 spiro atoms. The molecule has 0 atom stereocenters. The number of methoxy groups -OCH3 is 1. The van der Waals surface area contributed by atoms with Crippen molar-refractivity contribution >= 4 is 17.7 Å². The average Bonchev–Trinajstić information content (AvgIpc) is 2.92. The maximum atomic E-state index is 11.7. The first-order valence-electron chi connectivity index (χ1n) is 5.18. The maximum Gasteiger partial charge on any atom is 0.337 e. The van der Waals surface area contributed by atoms with Gasteiger partial charge in [-0.25, -0.2) is 14.6 Å². The fourth-order valence-electron chi connectivity index (χ4n) is 1.41. The summed E-state index contributed by atoms with van der Waals surface area (Å²) in [4.78, 5) is 26.8. The molecule has 0 aliphatic heterocycles. The molecule has 0 saturated carbocycles. The molecule has 0 fully saturated rings. The molecule has 1 N–H and O–H groups in total. The molecular weight excluding hydrogens is 234 g/mol. The number of hydrogen-bond donors (Lipinski definition) is 1. The lowest BCUT2D eigenvalue weighted by molar-refractivity contribution is 0.0600. The van der Waals surface area contributed by atoms with E-state index in [4.69, 9.17) is 0 Å². The van der Waals surface area contributed by atoms with Crippen molar-refractivity contribution < 1.29 is 14.3 Å². The van der Waals surface area contributed by atoms with Gasteiger partial charge in [-0.2, -0.15) is 0 Å². The quantitative estimate of drug-likeness (QED) is 0.818. The van der Waals surface area contributed by atoms with Gasteiger partial charge in [0.2, 0.25) is 0 Å². The number of nitrogens with zero attached hydrogens (tertiary/aromatic N) is 2. The van der Waals surface area contributed by atoms with E-state index in [1.165, 1.54) is 30.4 Å². The normalized spacial score (nSPS) is 9.83. The Kier molecular flexibility index (Phi) is 3.38. The highest BCUT2D eigenvalue weighted by molar-refractivity contribution is 5.94. The van der Waals surface area contributed by atoms with Crippen LogP contribution in [-0.4, -0.2) is 28.7 Å². The van der Waals surface area contributed by atoms with E-state index in [-0.39, 0.29) is 6.03 Å². The number of amides is 1. The molecule has 18 heavy (non-hydrogen) atoms. The predicted molar refractivity (Wildman–Crippen MR) is 64.4 cm³/mol. The predicted octanol–water partition coefficient (Wildman–Crippen LogP) is 1.75. The number of rotatable bonds is 2. The molecule has 1 amide bonds. The summed E-state index contributed by atoms with van der Waals surface area (Å²) < 4.78 is 5.90. The van der Waals surface area contributed by atoms with Crippen molar-refractivity contribution in [3.05, 3.63) is 48.5 Å². The van der Waals surface area contributed by atoms with Gasteiger partial charge in [0.05, 0.1) is 12.7 Å². The third kappa shape index (κ3) is 2.54. The second kappa shape index (κ2) is 5.13. The standard InChI is InChI=1S/C12H11N3O3/c1-18-11(16)9-3-2-4-10(7-9)14-12(17)15-6-5-13-8-15/h2-8H,1H3,(H,14,17). The Balaban J connectivity index is 2.15. The van der Waals surface area contributed by atoms with Crippen LogP contribution in [0.3, 0.4) is 0 Å². The third-order valence-electron chi connectivity index (χ3n) is 2.27. The summed E-state index contributed by atoms with van der Waals surface area (Å²) in [6, 6.07) is 6.14. The van der Waals surface area contributed by atoms with Crippen molar-refractivity contribution in [3.8, 4) is 0 Å². The van der Waals surface area contributed by atoms with Crippen molar-refractivity contribution in [2.45, 2.75) is 0 Å². The van der Waals surface area contributed by atoms with Crippen LogP contribution in [0.15, 0.2) is 43.0 Å². The van der Waals surface area contributed by atoms with Crippen LogP contribution in [0.5, 0.6) is 0 Å². The maximum absolute atomic E-state index is 11.7. The van der Waals surface area contributed by atoms with E-state index in [0.29, 0.717) is 11.3 Å². The fraction of sp³-hybridized carbons (Fsp3) is 0.0833. The summed E-state index contributed by atoms with van der Waals surface area (Å²) >= 11 is 0. The smallest absolute Gasteiger partial charge is 0.337 e. The SMILES string of the molecule is COC(=O)c1cccc(NC(=O)n2ccnc2)c1. The molecule has 0 aliphatic carbocycles. The lowest BCUT2D eigenvalue weighted by Crippen LogP contribution is -2.18. The largest absolute Gasteiger partial charge is 0.465 e. The summed E-state index contributed by atoms with van der Waals surface area (Å²) in [7, 11) is 1.30. The molecule has 2 aromatic rings. The number of anilines is 1. The van der Waals surface area contributed by atoms with E-state index < -0.39 is 5.97 Å². The zero-order valence-electron chi connectivity index (χ0n) is 9.66. The van der Waals surface area contributed by atoms with Crippen molar-refractivity contribution in [2.75, 3.05) is 12.4 Å². The Morgan fingerprint density at radius 1 is 1.39 bits per heavy atom. The Morgan fingerprint density at radius 2 is 2.22 bits per heavy atom. The summed E-state index contributed by atoms with van der Waals surface area (Å²) in [5, 5.41) is 2.64. The Morgan fingerprint density at radius 3 is 2.89 bits per heavy atom. The van der Waals surface area contributed by atoms with Crippen molar-refractivity contribution in [1.29, 1.82) is 0 Å². The number of aromatic nitrogens is 2. The molecule has 6 nitrogen and oxygen atoms in total. The molecule has 6 heteroatoms. The van der Waals surface area contributed by atoms with Crippen LogP contribution < -0.4 is 5.32 Å². The zero-order valence-corrected chi connectivity index (χ0v) is 9.66. The zero-order chi connectivity index (χ0) is 13.0. The van der Waals surface area contributed by atoms with Gasteiger partial charge in [0.15, 0.2) is 0 Å². The number of nitrogens with one attached hydrogen (secondary N) is 1. The Bertz CT molecular complexity index is 564. The van der Waals surface area contributed by atoms with Crippen LogP contribution in [0.4, 0.5) is 10.5 Å². The number of benzene rings is 1. The lowest BCUT2D eigenvalue weighted by atomic mass is 10.2. The average molecular weight is 245 g/mol. The lowest BCUT2D eigenvalue weighted by Gasteiger charge is -2.06. The summed E-state index contributed by atoms with van der Waals surface area (Å²) in [6.07, 6.45) is 4.42. The van der Waals surface area contributed by atoms with E-state index in [1.807, 2.05) is 0 Å². The molecular formula is C12H11N3O3. The Hall–Kier alpha value is -2.63. The van der Waals surface area contributed by atoms with Gasteiger partial charge in [0.25, 0.3) is 0 Å². The molecule has 0 unspecified atom stereocenters. The summed E-state index contributed by atoms with van der Waals surface area (Å²) in [6.45, 7) is 0. The van der Waals surface area contributed by atoms with E-state index >= 15 is 0 Å². The number of hydrogen-bond acceptors (Lipinski definition) is 4. The minimum Gasteiger partial charge on any atom is -0.465 e. The van der Waals surface area contributed by atoms with E-state index in [9.17, 15) is 9.59 Å². The highest BCUT2D eigenvalue weighted by Crippen LogP contribution is 2.11. The van der Waals surface area contributed by atoms with Gasteiger partial charge in [-0.05, 0) is 18.2 Å². The minimum atomic E-state index is -0.450. The molecule has 1 heterocycles. The first kappa shape index (κ1) is 11.8. The van der Waals surface area contributed by atoms with E-state index in [0.717, 1.165) is 0 Å². The van der Waals surface area contributed by atoms with Gasteiger partial charge < -0.3 is 10.1 Å². The van der Waals surface area contributed by atoms with Crippen LogP contribution >= 0.6 is 0 Å². The first-order chi connectivity index (χ1) is 8.70. The topological polar surface area (TPSA) is 73.2 Å². The van der Waals surface area contributed by atoms with Crippen molar-refractivity contribution in [1.82, 2.24) is 9.55 Å². The summed E-state index contributed by atoms with van der Waals surface area (Å²) in [5.41, 5.74) is 0.887. The number of ether oxygens (including phenoxy) is 1. The second-order valence-electron chi connectivity index (χ2n) is 3.47. The summed E-state index contributed by atoms with van der Waals surface area (Å²) in [5.74, 6) is -0.450. The van der Waals surface area contributed by atoms with Crippen molar-refractivity contribution in [3.63, 3.8) is 0 Å². The van der Waals surface area contributed by atoms with E-state index in [2.05, 4.69) is 15.0 Å². The monoisotopic (exact) mass is 245 g/mol. The number of imidazole rings is 1. The molecule has 92 valence electrons. The van der Waals surface area contributed by atoms with Crippen LogP contribution in [0.25, 0.3) is 0 Å². The van der Waals surface area contributed by atoms with Crippen LogP contribution in [0.2, 0.25) is 0 Å².